The second kappa shape index (κ2) is 11.9. The quantitative estimate of drug-likeness (QED) is 0.313. The smallest absolute Gasteiger partial charge is 0.433 e. The Morgan fingerprint density at radius 3 is 2.42 bits per heavy atom. The predicted octanol–water partition coefficient (Wildman–Crippen LogP) is 4.89. The number of carbonyl (C=O) groups is 2. The standard InChI is InChI=1S/C30H31F3N6O4/c1-18-17-37(24(16-34-29(41)42)20-7-5-4-6-8-20)13-14-38(18)28(40)23-15-35-39-26(30(31,32)33)19(2)25(36-27(23)39)21-9-11-22(43-3)12-10-21/h4-12,15,18,24,34H,13-14,16-17H2,1-3H3,(H,41,42)/t18-,24-/m1/s1. The second-order valence-corrected chi connectivity index (χ2v) is 10.4. The summed E-state index contributed by atoms with van der Waals surface area (Å²) >= 11 is 0. The average Bonchev–Trinajstić information content (AvgIpc) is 3.39. The van der Waals surface area contributed by atoms with Crippen LogP contribution >= 0.6 is 0 Å². The fourth-order valence-corrected chi connectivity index (χ4v) is 5.63. The molecule has 0 bridgehead atoms. The summed E-state index contributed by atoms with van der Waals surface area (Å²) in [5.74, 6) is 0.0624. The van der Waals surface area contributed by atoms with Crippen molar-refractivity contribution >= 4 is 17.6 Å². The van der Waals surface area contributed by atoms with Gasteiger partial charge in [0.05, 0.1) is 25.0 Å². The number of hydrogen-bond acceptors (Lipinski definition) is 6. The van der Waals surface area contributed by atoms with Gasteiger partial charge in [-0.15, -0.1) is 0 Å². The molecule has 10 nitrogen and oxygen atoms in total. The summed E-state index contributed by atoms with van der Waals surface area (Å²) in [5, 5.41) is 15.6. The van der Waals surface area contributed by atoms with Crippen molar-refractivity contribution in [2.75, 3.05) is 33.3 Å². The van der Waals surface area contributed by atoms with Gasteiger partial charge in [0, 0.05) is 43.3 Å². The Balaban J connectivity index is 1.47. The van der Waals surface area contributed by atoms with Crippen LogP contribution in [0.4, 0.5) is 18.0 Å². The van der Waals surface area contributed by atoms with Crippen LogP contribution in [-0.4, -0.2) is 80.8 Å². The molecular formula is C30H31F3N6O4. The van der Waals surface area contributed by atoms with Crippen LogP contribution in [0, 0.1) is 6.92 Å². The van der Waals surface area contributed by atoms with E-state index in [0.29, 0.717) is 28.9 Å². The van der Waals surface area contributed by atoms with Gasteiger partial charge < -0.3 is 20.1 Å². The molecular weight excluding hydrogens is 565 g/mol. The molecule has 2 atom stereocenters. The highest BCUT2D eigenvalue weighted by atomic mass is 19.4. The number of aromatic nitrogens is 3. The van der Waals surface area contributed by atoms with Crippen LogP contribution in [0.1, 0.15) is 40.1 Å². The molecule has 1 saturated heterocycles. The van der Waals surface area contributed by atoms with E-state index in [0.717, 1.165) is 11.8 Å². The first kappa shape index (κ1) is 29.8. The second-order valence-electron chi connectivity index (χ2n) is 10.4. The van der Waals surface area contributed by atoms with Gasteiger partial charge in [-0.25, -0.2) is 14.3 Å². The lowest BCUT2D eigenvalue weighted by atomic mass is 10.0. The van der Waals surface area contributed by atoms with E-state index in [9.17, 15) is 27.9 Å². The molecule has 43 heavy (non-hydrogen) atoms. The minimum absolute atomic E-state index is 0.0345. The number of nitrogens with one attached hydrogen (secondary N) is 1. The molecule has 0 spiro atoms. The third kappa shape index (κ3) is 5.98. The van der Waals surface area contributed by atoms with Gasteiger partial charge in [0.25, 0.3) is 5.91 Å². The van der Waals surface area contributed by atoms with Gasteiger partial charge in [0.2, 0.25) is 0 Å². The van der Waals surface area contributed by atoms with Crippen molar-refractivity contribution in [1.82, 2.24) is 29.7 Å². The lowest BCUT2D eigenvalue weighted by Gasteiger charge is -2.43. The molecule has 5 rings (SSSR count). The zero-order chi connectivity index (χ0) is 30.9. The van der Waals surface area contributed by atoms with Gasteiger partial charge in [-0.3, -0.25) is 9.69 Å². The average molecular weight is 597 g/mol. The lowest BCUT2D eigenvalue weighted by Crippen LogP contribution is -2.55. The summed E-state index contributed by atoms with van der Waals surface area (Å²) in [6.45, 7) is 4.46. The molecule has 13 heteroatoms. The molecule has 0 saturated carbocycles. The summed E-state index contributed by atoms with van der Waals surface area (Å²) in [6, 6.07) is 15.4. The number of hydrogen-bond donors (Lipinski definition) is 2. The molecule has 2 aromatic carbocycles. The maximum absolute atomic E-state index is 14.3. The van der Waals surface area contributed by atoms with Gasteiger partial charge in [0.1, 0.15) is 11.3 Å². The van der Waals surface area contributed by atoms with Crippen molar-refractivity contribution in [3.63, 3.8) is 0 Å². The topological polar surface area (TPSA) is 112 Å². The first-order valence-corrected chi connectivity index (χ1v) is 13.7. The Morgan fingerprint density at radius 2 is 1.81 bits per heavy atom. The minimum atomic E-state index is -4.76. The number of amides is 2. The van der Waals surface area contributed by atoms with Crippen LogP contribution in [0.3, 0.4) is 0 Å². The van der Waals surface area contributed by atoms with Crippen LogP contribution < -0.4 is 10.1 Å². The van der Waals surface area contributed by atoms with E-state index in [4.69, 9.17) is 4.74 Å². The Kier molecular flexibility index (Phi) is 8.27. The maximum Gasteiger partial charge on any atom is 0.433 e. The number of fused-ring (bicyclic) bond motifs is 1. The van der Waals surface area contributed by atoms with Gasteiger partial charge in [0.15, 0.2) is 11.3 Å². The van der Waals surface area contributed by atoms with Crippen LogP contribution in [0.25, 0.3) is 16.9 Å². The van der Waals surface area contributed by atoms with Gasteiger partial charge in [-0.2, -0.15) is 18.3 Å². The molecule has 2 N–H and O–H groups in total. The van der Waals surface area contributed by atoms with E-state index in [1.54, 1.807) is 29.2 Å². The first-order chi connectivity index (χ1) is 20.5. The summed E-state index contributed by atoms with van der Waals surface area (Å²) in [7, 11) is 1.49. The molecule has 2 aromatic heterocycles. The van der Waals surface area contributed by atoms with Crippen LogP contribution in [-0.2, 0) is 6.18 Å². The summed E-state index contributed by atoms with van der Waals surface area (Å²) in [4.78, 5) is 33.3. The molecule has 3 heterocycles. The number of carboxylic acid groups (broad SMARTS) is 1. The van der Waals surface area contributed by atoms with Crippen LogP contribution in [0.5, 0.6) is 5.75 Å². The first-order valence-electron chi connectivity index (χ1n) is 13.7. The molecule has 0 unspecified atom stereocenters. The van der Waals surface area contributed by atoms with Crippen LogP contribution in [0.2, 0.25) is 0 Å². The van der Waals surface area contributed by atoms with Gasteiger partial charge in [-0.1, -0.05) is 30.3 Å². The summed E-state index contributed by atoms with van der Waals surface area (Å²) in [5.41, 5.74) is 0.120. The highest BCUT2D eigenvalue weighted by Gasteiger charge is 2.40. The van der Waals surface area contributed by atoms with Crippen molar-refractivity contribution in [3.8, 4) is 17.0 Å². The Bertz CT molecular complexity index is 1630. The molecule has 0 aliphatic carbocycles. The number of benzene rings is 2. The molecule has 1 fully saturated rings. The van der Waals surface area contributed by atoms with Crippen LogP contribution in [0.15, 0.2) is 60.8 Å². The summed E-state index contributed by atoms with van der Waals surface area (Å²) in [6.07, 6.45) is -4.75. The van der Waals surface area contributed by atoms with Crippen molar-refractivity contribution in [3.05, 3.63) is 83.2 Å². The molecule has 226 valence electrons. The van der Waals surface area contributed by atoms with E-state index in [1.807, 2.05) is 37.3 Å². The zero-order valence-corrected chi connectivity index (χ0v) is 23.8. The summed E-state index contributed by atoms with van der Waals surface area (Å²) < 4.78 is 48.9. The van der Waals surface area contributed by atoms with E-state index < -0.39 is 23.9 Å². The number of piperazine rings is 1. The van der Waals surface area contributed by atoms with Crippen molar-refractivity contribution in [2.45, 2.75) is 32.1 Å². The monoisotopic (exact) mass is 596 g/mol. The number of rotatable bonds is 7. The predicted molar refractivity (Wildman–Crippen MR) is 152 cm³/mol. The highest BCUT2D eigenvalue weighted by Crippen LogP contribution is 2.37. The molecule has 2 amide bonds. The van der Waals surface area contributed by atoms with E-state index >= 15 is 0 Å². The van der Waals surface area contributed by atoms with Crippen molar-refractivity contribution < 1.29 is 32.6 Å². The molecule has 0 radical (unpaired) electrons. The zero-order valence-electron chi connectivity index (χ0n) is 23.8. The van der Waals surface area contributed by atoms with Gasteiger partial charge >= 0.3 is 12.3 Å². The molecule has 4 aromatic rings. The van der Waals surface area contributed by atoms with E-state index in [2.05, 4.69) is 20.3 Å². The largest absolute Gasteiger partial charge is 0.497 e. The molecule has 1 aliphatic rings. The van der Waals surface area contributed by atoms with Crippen molar-refractivity contribution in [1.29, 1.82) is 0 Å². The number of carbonyl (C=O) groups excluding carboxylic acids is 1. The number of nitrogens with zero attached hydrogens (tertiary/aromatic N) is 5. The fourth-order valence-electron chi connectivity index (χ4n) is 5.63. The Hall–Kier alpha value is -4.65. The fraction of sp³-hybridized carbons (Fsp3) is 0.333. The maximum atomic E-state index is 14.3. The Labute approximate surface area is 245 Å². The van der Waals surface area contributed by atoms with E-state index in [1.165, 1.54) is 14.0 Å². The van der Waals surface area contributed by atoms with E-state index in [-0.39, 0.29) is 47.6 Å². The molecule has 1 aliphatic heterocycles. The number of methoxy groups -OCH3 is 1. The Morgan fingerprint density at radius 1 is 1.12 bits per heavy atom. The lowest BCUT2D eigenvalue weighted by molar-refractivity contribution is -0.143. The van der Waals surface area contributed by atoms with Crippen molar-refractivity contribution in [2.24, 2.45) is 0 Å². The third-order valence-electron chi connectivity index (χ3n) is 7.74. The minimum Gasteiger partial charge on any atom is -0.497 e. The number of alkyl halides is 3. The number of halogens is 3. The third-order valence-corrected chi connectivity index (χ3v) is 7.74. The normalized spacial score (nSPS) is 16.7. The highest BCUT2D eigenvalue weighted by molar-refractivity contribution is 6.00. The van der Waals surface area contributed by atoms with Gasteiger partial charge in [-0.05, 0) is 43.7 Å². The SMILES string of the molecule is COc1ccc(-c2nc3c(C(=O)N4CCN([C@H](CNC(=O)O)c5ccccc5)C[C@H]4C)cnn3c(C(F)(F)F)c2C)cc1. The number of ether oxygens (including phenoxy) is 1.